The molecule has 1 unspecified atom stereocenters. The van der Waals surface area contributed by atoms with E-state index in [9.17, 15) is 28.8 Å². The fourth-order valence-electron chi connectivity index (χ4n) is 4.07. The van der Waals surface area contributed by atoms with E-state index in [0.717, 1.165) is 6.66 Å². The fourth-order valence-corrected chi connectivity index (χ4v) is 4.32. The number of aromatic nitrogens is 3. The van der Waals surface area contributed by atoms with E-state index in [1.807, 2.05) is 6.07 Å². The van der Waals surface area contributed by atoms with Gasteiger partial charge in [-0.3, -0.25) is 4.57 Å². The molecular weight excluding hydrogens is 479 g/mol. The van der Waals surface area contributed by atoms with Crippen molar-refractivity contribution in [3.63, 3.8) is 0 Å². The third-order valence-corrected chi connectivity index (χ3v) is 6.15. The van der Waals surface area contributed by atoms with Crippen LogP contribution in [0.2, 0.25) is 0 Å². The minimum Gasteiger partial charge on any atom is -0.387 e. The number of alkyl halides is 2. The maximum Gasteiger partial charge on any atom is 0.352 e. The van der Waals surface area contributed by atoms with Crippen molar-refractivity contribution in [2.24, 2.45) is 0 Å². The molecule has 0 radical (unpaired) electrons. The summed E-state index contributed by atoms with van der Waals surface area (Å²) in [7, 11) is -3.91. The highest BCUT2D eigenvalue weighted by molar-refractivity contribution is 7.51. The monoisotopic (exact) mass is 503 g/mol. The molecule has 4 rings (SSSR count). The van der Waals surface area contributed by atoms with E-state index in [0.29, 0.717) is 11.2 Å². The molecule has 1 aliphatic heterocycles. The molecule has 0 spiro atoms. The van der Waals surface area contributed by atoms with Gasteiger partial charge >= 0.3 is 7.60 Å². The highest BCUT2D eigenvalue weighted by Gasteiger charge is 2.45. The molecule has 2 aromatic rings. The quantitative estimate of drug-likeness (QED) is 0.246. The molecule has 5 atom stereocenters. The number of hydrogen-bond acceptors (Lipinski definition) is 10. The molecule has 2 aliphatic rings. The van der Waals surface area contributed by atoms with Crippen LogP contribution >= 0.6 is 7.60 Å². The normalized spacial score (nSPS) is 29.1. The lowest BCUT2D eigenvalue weighted by Crippen LogP contribution is -2.33. The molecule has 0 amide bonds. The standard InChI is InChI=1S/C19H24F2N5O7P/c1-34(29,30)33-31-9-12-14(27)15(28)18(32-12)26-7-4-11-16(24-13(8-22)25-17(11)26)23-10-2-5-19(20,21)6-3-10/h4,7,10,12,14-15,18,27-28H,2-3,5-6,9H2,1H3,(H,29,30)(H,23,24,25)/t12-,14-,15-,18-/m1/s1. The van der Waals surface area contributed by atoms with Gasteiger partial charge in [0.25, 0.3) is 0 Å². The second-order valence-electron chi connectivity index (χ2n) is 8.45. The van der Waals surface area contributed by atoms with Crippen LogP contribution in [-0.4, -0.2) is 73.2 Å². The van der Waals surface area contributed by atoms with Gasteiger partial charge in [-0.05, 0) is 18.9 Å². The van der Waals surface area contributed by atoms with E-state index in [-0.39, 0.29) is 43.2 Å². The number of nitriles is 1. The van der Waals surface area contributed by atoms with Crippen LogP contribution in [0.4, 0.5) is 14.6 Å². The third kappa shape index (κ3) is 5.36. The van der Waals surface area contributed by atoms with Gasteiger partial charge in [0, 0.05) is 31.7 Å². The summed E-state index contributed by atoms with van der Waals surface area (Å²) in [5.41, 5.74) is 0.220. The number of hydrogen-bond donors (Lipinski definition) is 4. The zero-order valence-electron chi connectivity index (χ0n) is 18.0. The first-order valence-electron chi connectivity index (χ1n) is 10.5. The van der Waals surface area contributed by atoms with Gasteiger partial charge in [0.1, 0.15) is 42.5 Å². The largest absolute Gasteiger partial charge is 0.387 e. The van der Waals surface area contributed by atoms with Crippen molar-refractivity contribution in [1.29, 1.82) is 5.26 Å². The number of nitrogens with one attached hydrogen (secondary N) is 1. The van der Waals surface area contributed by atoms with Crippen molar-refractivity contribution in [3.05, 3.63) is 18.1 Å². The van der Waals surface area contributed by atoms with E-state index in [2.05, 4.69) is 24.8 Å². The SMILES string of the molecule is CP(=O)(O)OOC[C@H]1O[C@@H](n2ccc3c(NC4CCC(F)(F)CC4)nc(C#N)nc32)[C@H](O)[C@@H]1O. The van der Waals surface area contributed by atoms with Gasteiger partial charge in [-0.15, -0.1) is 4.67 Å². The number of anilines is 1. The molecule has 4 N–H and O–H groups in total. The smallest absolute Gasteiger partial charge is 0.352 e. The van der Waals surface area contributed by atoms with Gasteiger partial charge in [0.05, 0.1) is 5.39 Å². The lowest BCUT2D eigenvalue weighted by atomic mass is 9.92. The van der Waals surface area contributed by atoms with Crippen LogP contribution in [0.5, 0.6) is 0 Å². The Morgan fingerprint density at radius 3 is 2.71 bits per heavy atom. The van der Waals surface area contributed by atoms with Crippen LogP contribution in [0.25, 0.3) is 11.0 Å². The summed E-state index contributed by atoms with van der Waals surface area (Å²) in [6, 6.07) is 3.21. The number of aliphatic hydroxyl groups is 2. The van der Waals surface area contributed by atoms with E-state index in [1.54, 1.807) is 6.07 Å². The summed E-state index contributed by atoms with van der Waals surface area (Å²) in [6.07, 6.45) is -3.57. The summed E-state index contributed by atoms with van der Waals surface area (Å²) in [5, 5.41) is 33.8. The molecule has 1 saturated carbocycles. The van der Waals surface area contributed by atoms with E-state index >= 15 is 0 Å². The number of halogens is 2. The van der Waals surface area contributed by atoms with Crippen LogP contribution in [0.15, 0.2) is 12.3 Å². The number of fused-ring (bicyclic) bond motifs is 1. The molecule has 2 fully saturated rings. The predicted octanol–water partition coefficient (Wildman–Crippen LogP) is 1.68. The van der Waals surface area contributed by atoms with Crippen molar-refractivity contribution < 1.29 is 42.8 Å². The Labute approximate surface area is 192 Å². The summed E-state index contributed by atoms with van der Waals surface area (Å²) in [4.78, 5) is 22.1. The van der Waals surface area contributed by atoms with Crippen molar-refractivity contribution in [2.75, 3.05) is 18.6 Å². The van der Waals surface area contributed by atoms with Crippen LogP contribution in [0.3, 0.4) is 0 Å². The van der Waals surface area contributed by atoms with E-state index in [4.69, 9.17) is 9.63 Å². The molecule has 15 heteroatoms. The lowest BCUT2D eigenvalue weighted by molar-refractivity contribution is -0.238. The second kappa shape index (κ2) is 9.43. The van der Waals surface area contributed by atoms with Crippen LogP contribution < -0.4 is 5.32 Å². The minimum absolute atomic E-state index is 0.181. The molecule has 3 heterocycles. The average Bonchev–Trinajstić information content (AvgIpc) is 3.30. The minimum atomic E-state index is -3.91. The molecular formula is C19H24F2N5O7P. The van der Waals surface area contributed by atoms with E-state index in [1.165, 1.54) is 10.8 Å². The first-order valence-corrected chi connectivity index (χ1v) is 12.6. The predicted molar refractivity (Wildman–Crippen MR) is 112 cm³/mol. The zero-order chi connectivity index (χ0) is 24.7. The molecule has 186 valence electrons. The van der Waals surface area contributed by atoms with Gasteiger partial charge in [0.2, 0.25) is 11.7 Å². The maximum atomic E-state index is 13.5. The molecule has 1 aliphatic carbocycles. The number of aliphatic hydroxyl groups excluding tert-OH is 2. The van der Waals surface area contributed by atoms with Gasteiger partial charge < -0.3 is 29.7 Å². The van der Waals surface area contributed by atoms with Crippen LogP contribution in [-0.2, 0) is 18.9 Å². The number of rotatable bonds is 7. The third-order valence-electron chi connectivity index (χ3n) is 5.76. The maximum absolute atomic E-state index is 13.5. The Bertz CT molecular complexity index is 1130. The topological polar surface area (TPSA) is 172 Å². The first kappa shape index (κ1) is 24.9. The molecule has 0 aromatic carbocycles. The second-order valence-corrected chi connectivity index (χ2v) is 10.2. The first-order chi connectivity index (χ1) is 16.0. The fraction of sp³-hybridized carbons (Fsp3) is 0.632. The van der Waals surface area contributed by atoms with Crippen LogP contribution in [0, 0.1) is 11.3 Å². The van der Waals surface area contributed by atoms with Gasteiger partial charge in [-0.1, -0.05) is 0 Å². The summed E-state index contributed by atoms with van der Waals surface area (Å²) < 4.78 is 49.6. The molecule has 2 aromatic heterocycles. The summed E-state index contributed by atoms with van der Waals surface area (Å²) >= 11 is 0. The molecule has 12 nitrogen and oxygen atoms in total. The Morgan fingerprint density at radius 1 is 1.35 bits per heavy atom. The van der Waals surface area contributed by atoms with Crippen molar-refractivity contribution in [2.45, 2.75) is 62.2 Å². The highest BCUT2D eigenvalue weighted by Crippen LogP contribution is 2.39. The lowest BCUT2D eigenvalue weighted by Gasteiger charge is -2.29. The summed E-state index contributed by atoms with van der Waals surface area (Å²) in [5.74, 6) is -2.58. The average molecular weight is 503 g/mol. The number of nitrogens with zero attached hydrogens (tertiary/aromatic N) is 4. The Hall–Kier alpha value is -2.24. The Balaban J connectivity index is 1.56. The molecule has 34 heavy (non-hydrogen) atoms. The Kier molecular flexibility index (Phi) is 6.90. The van der Waals surface area contributed by atoms with E-state index < -0.39 is 44.7 Å². The van der Waals surface area contributed by atoms with Crippen molar-refractivity contribution in [3.8, 4) is 6.07 Å². The van der Waals surface area contributed by atoms with Gasteiger partial charge in [0.15, 0.2) is 6.23 Å². The van der Waals surface area contributed by atoms with Gasteiger partial charge in [-0.25, -0.2) is 23.6 Å². The number of ether oxygens (including phenoxy) is 1. The zero-order valence-corrected chi connectivity index (χ0v) is 18.9. The van der Waals surface area contributed by atoms with Crippen molar-refractivity contribution in [1.82, 2.24) is 14.5 Å². The van der Waals surface area contributed by atoms with Crippen molar-refractivity contribution >= 4 is 24.4 Å². The Morgan fingerprint density at radius 2 is 2.06 bits per heavy atom. The molecule has 1 saturated heterocycles. The van der Waals surface area contributed by atoms with Crippen LogP contribution in [0.1, 0.15) is 37.7 Å². The van der Waals surface area contributed by atoms with Gasteiger partial charge in [-0.2, -0.15) is 5.26 Å². The summed E-state index contributed by atoms with van der Waals surface area (Å²) in [6.45, 7) is 0.476. The molecule has 0 bridgehead atoms. The highest BCUT2D eigenvalue weighted by atomic mass is 31.2.